The van der Waals surface area contributed by atoms with Crippen LogP contribution in [0.2, 0.25) is 0 Å². The maximum absolute atomic E-state index is 11.5. The van der Waals surface area contributed by atoms with E-state index < -0.39 is 0 Å². The van der Waals surface area contributed by atoms with Crippen LogP contribution in [0.25, 0.3) is 0 Å². The first kappa shape index (κ1) is 20.4. The third-order valence-corrected chi connectivity index (χ3v) is 5.65. The van der Waals surface area contributed by atoms with Crippen LogP contribution >= 0.6 is 0 Å². The molecule has 0 radical (unpaired) electrons. The van der Waals surface area contributed by atoms with Crippen molar-refractivity contribution in [2.45, 2.75) is 57.5 Å². The highest BCUT2D eigenvalue weighted by atomic mass is 16.1. The number of hydrogen-bond donors (Lipinski definition) is 1. The second-order valence-corrected chi connectivity index (χ2v) is 7.58. The first-order chi connectivity index (χ1) is 12.6. The summed E-state index contributed by atoms with van der Waals surface area (Å²) in [7, 11) is 4.02. The molecular weight excluding hydrogens is 320 g/mol. The lowest BCUT2D eigenvalue weighted by molar-refractivity contribution is 0.112. The van der Waals surface area contributed by atoms with E-state index in [1.54, 1.807) is 0 Å². The fraction of sp³-hybridized carbons (Fsp3) is 0.522. The van der Waals surface area contributed by atoms with Gasteiger partial charge in [0.1, 0.15) is 6.29 Å². The minimum absolute atomic E-state index is 0.219. The minimum Gasteiger partial charge on any atom is -0.391 e. The van der Waals surface area contributed by atoms with Crippen molar-refractivity contribution in [1.29, 1.82) is 0 Å². The molecule has 142 valence electrons. The first-order valence-corrected chi connectivity index (χ1v) is 9.83. The lowest BCUT2D eigenvalue weighted by Crippen LogP contribution is -2.36. The standard InChI is InChI=1S/C23H34N2O/c1-5-6-11-23(18(2)24-3)25(4)16-22-15-20(12-13-21(22)17-26)14-19-9-7-8-10-19/h5,12-13,15,17,19,23-24H,1-2,6-11,14,16H2,3-4H3. The fourth-order valence-corrected chi connectivity index (χ4v) is 4.07. The van der Waals surface area contributed by atoms with E-state index in [9.17, 15) is 4.79 Å². The molecule has 1 fully saturated rings. The molecule has 0 amide bonds. The highest BCUT2D eigenvalue weighted by molar-refractivity contribution is 5.77. The Hall–Kier alpha value is -1.87. The van der Waals surface area contributed by atoms with Gasteiger partial charge in [-0.25, -0.2) is 0 Å². The number of benzene rings is 1. The third kappa shape index (κ3) is 5.57. The Bertz CT molecular complexity index is 617. The molecule has 0 aliphatic heterocycles. The summed E-state index contributed by atoms with van der Waals surface area (Å²) >= 11 is 0. The van der Waals surface area contributed by atoms with E-state index in [1.165, 1.54) is 31.2 Å². The molecule has 0 aromatic heterocycles. The molecule has 1 aliphatic carbocycles. The Morgan fingerprint density at radius 2 is 2.12 bits per heavy atom. The SMILES string of the molecule is C=CCCC(C(=C)NC)N(C)Cc1cc(CC2CCCC2)ccc1C=O. The second kappa shape index (κ2) is 10.3. The van der Waals surface area contributed by atoms with Gasteiger partial charge in [0, 0.05) is 30.9 Å². The van der Waals surface area contributed by atoms with E-state index >= 15 is 0 Å². The molecule has 2 rings (SSSR count). The molecule has 1 unspecified atom stereocenters. The van der Waals surface area contributed by atoms with E-state index in [1.807, 2.05) is 19.2 Å². The Morgan fingerprint density at radius 3 is 2.73 bits per heavy atom. The normalized spacial score (nSPS) is 15.8. The molecule has 1 aromatic rings. The van der Waals surface area contributed by atoms with E-state index in [0.29, 0.717) is 0 Å². The van der Waals surface area contributed by atoms with Gasteiger partial charge < -0.3 is 5.32 Å². The van der Waals surface area contributed by atoms with Crippen molar-refractivity contribution in [3.05, 3.63) is 59.8 Å². The van der Waals surface area contributed by atoms with Crippen molar-refractivity contribution in [3.63, 3.8) is 0 Å². The molecule has 0 spiro atoms. The number of nitrogens with zero attached hydrogens (tertiary/aromatic N) is 1. The molecule has 1 aromatic carbocycles. The zero-order valence-electron chi connectivity index (χ0n) is 16.5. The highest BCUT2D eigenvalue weighted by Crippen LogP contribution is 2.29. The number of hydrogen-bond acceptors (Lipinski definition) is 3. The monoisotopic (exact) mass is 354 g/mol. The van der Waals surface area contributed by atoms with Gasteiger partial charge in [0.2, 0.25) is 0 Å². The summed E-state index contributed by atoms with van der Waals surface area (Å²) in [6.07, 6.45) is 11.4. The Labute approximate surface area is 159 Å². The molecule has 26 heavy (non-hydrogen) atoms. The Balaban J connectivity index is 2.14. The number of carbonyl (C=O) groups excluding carboxylic acids is 1. The molecule has 1 N–H and O–H groups in total. The lowest BCUT2D eigenvalue weighted by Gasteiger charge is -2.30. The van der Waals surface area contributed by atoms with Crippen LogP contribution in [-0.4, -0.2) is 31.3 Å². The molecule has 1 aliphatic rings. The average molecular weight is 355 g/mol. The van der Waals surface area contributed by atoms with Crippen molar-refractivity contribution in [3.8, 4) is 0 Å². The summed E-state index contributed by atoms with van der Waals surface area (Å²) in [6, 6.07) is 6.58. The van der Waals surface area contributed by atoms with Gasteiger partial charge in [-0.1, -0.05) is 56.5 Å². The summed E-state index contributed by atoms with van der Waals surface area (Å²) in [6.45, 7) is 8.74. The fourth-order valence-electron chi connectivity index (χ4n) is 4.07. The molecule has 0 saturated heterocycles. The van der Waals surface area contributed by atoms with Crippen LogP contribution in [0.3, 0.4) is 0 Å². The van der Waals surface area contributed by atoms with Gasteiger partial charge in [-0.2, -0.15) is 0 Å². The minimum atomic E-state index is 0.219. The second-order valence-electron chi connectivity index (χ2n) is 7.58. The highest BCUT2D eigenvalue weighted by Gasteiger charge is 2.19. The maximum atomic E-state index is 11.5. The van der Waals surface area contributed by atoms with Crippen LogP contribution in [-0.2, 0) is 13.0 Å². The maximum Gasteiger partial charge on any atom is 0.150 e. The van der Waals surface area contributed by atoms with Crippen LogP contribution in [0.4, 0.5) is 0 Å². The van der Waals surface area contributed by atoms with Gasteiger partial charge in [-0.15, -0.1) is 6.58 Å². The van der Waals surface area contributed by atoms with Gasteiger partial charge in [0.05, 0.1) is 0 Å². The predicted octanol–water partition coefficient (Wildman–Crippen LogP) is 4.73. The zero-order valence-corrected chi connectivity index (χ0v) is 16.5. The Kier molecular flexibility index (Phi) is 8.11. The summed E-state index contributed by atoms with van der Waals surface area (Å²) in [5.41, 5.74) is 4.28. The molecule has 0 heterocycles. The summed E-state index contributed by atoms with van der Waals surface area (Å²) in [4.78, 5) is 13.8. The quantitative estimate of drug-likeness (QED) is 0.460. The lowest BCUT2D eigenvalue weighted by atomic mass is 9.94. The van der Waals surface area contributed by atoms with E-state index in [0.717, 1.165) is 54.8 Å². The topological polar surface area (TPSA) is 32.3 Å². The largest absolute Gasteiger partial charge is 0.391 e. The third-order valence-electron chi connectivity index (χ3n) is 5.65. The van der Waals surface area contributed by atoms with Crippen molar-refractivity contribution < 1.29 is 4.79 Å². The molecule has 3 nitrogen and oxygen atoms in total. The van der Waals surface area contributed by atoms with Gasteiger partial charge in [0.15, 0.2) is 0 Å². The number of rotatable bonds is 11. The molecule has 1 saturated carbocycles. The molecule has 3 heteroatoms. The van der Waals surface area contributed by atoms with Gasteiger partial charge in [0.25, 0.3) is 0 Å². The predicted molar refractivity (Wildman–Crippen MR) is 110 cm³/mol. The van der Waals surface area contributed by atoms with E-state index in [4.69, 9.17) is 0 Å². The van der Waals surface area contributed by atoms with Gasteiger partial charge in [-0.05, 0) is 43.4 Å². The molecule has 0 bridgehead atoms. The Morgan fingerprint density at radius 1 is 1.38 bits per heavy atom. The van der Waals surface area contributed by atoms with Crippen molar-refractivity contribution >= 4 is 6.29 Å². The van der Waals surface area contributed by atoms with Crippen LogP contribution in [0, 0.1) is 5.92 Å². The summed E-state index contributed by atoms with van der Waals surface area (Å²) in [5, 5.41) is 3.19. The molecule has 1 atom stereocenters. The summed E-state index contributed by atoms with van der Waals surface area (Å²) < 4.78 is 0. The van der Waals surface area contributed by atoms with E-state index in [-0.39, 0.29) is 6.04 Å². The van der Waals surface area contributed by atoms with Crippen LogP contribution in [0.1, 0.15) is 60.0 Å². The van der Waals surface area contributed by atoms with Crippen molar-refractivity contribution in [2.75, 3.05) is 14.1 Å². The van der Waals surface area contributed by atoms with Crippen LogP contribution < -0.4 is 5.32 Å². The van der Waals surface area contributed by atoms with E-state index in [2.05, 4.69) is 42.6 Å². The first-order valence-electron chi connectivity index (χ1n) is 9.83. The number of allylic oxidation sites excluding steroid dienone is 1. The summed E-state index contributed by atoms with van der Waals surface area (Å²) in [5.74, 6) is 0.812. The van der Waals surface area contributed by atoms with Crippen molar-refractivity contribution in [1.82, 2.24) is 10.2 Å². The molecular formula is C23H34N2O. The zero-order chi connectivity index (χ0) is 18.9. The average Bonchev–Trinajstić information content (AvgIpc) is 3.15. The smallest absolute Gasteiger partial charge is 0.150 e. The van der Waals surface area contributed by atoms with Gasteiger partial charge >= 0.3 is 0 Å². The number of nitrogens with one attached hydrogen (secondary N) is 1. The van der Waals surface area contributed by atoms with Gasteiger partial charge in [-0.3, -0.25) is 9.69 Å². The number of aldehydes is 1. The van der Waals surface area contributed by atoms with Crippen molar-refractivity contribution in [2.24, 2.45) is 5.92 Å². The van der Waals surface area contributed by atoms with Crippen LogP contribution in [0.5, 0.6) is 0 Å². The number of likely N-dealkylation sites (N-methyl/N-ethyl adjacent to an activating group) is 2. The van der Waals surface area contributed by atoms with Crippen LogP contribution in [0.15, 0.2) is 43.1 Å². The number of carbonyl (C=O) groups is 1.